The second-order valence-electron chi connectivity index (χ2n) is 4.72. The zero-order valence-corrected chi connectivity index (χ0v) is 11.5. The SMILES string of the molecule is CC1CCCCC1Oc1cc(F)c(Br)cc1N. The minimum Gasteiger partial charge on any atom is -0.488 e. The van der Waals surface area contributed by atoms with Crippen molar-refractivity contribution in [3.05, 3.63) is 22.4 Å². The van der Waals surface area contributed by atoms with Crippen molar-refractivity contribution in [2.24, 2.45) is 5.92 Å². The molecule has 0 radical (unpaired) electrons. The zero-order chi connectivity index (χ0) is 12.4. The molecule has 2 atom stereocenters. The van der Waals surface area contributed by atoms with E-state index in [-0.39, 0.29) is 11.9 Å². The summed E-state index contributed by atoms with van der Waals surface area (Å²) in [5, 5.41) is 0. The fraction of sp³-hybridized carbons (Fsp3) is 0.538. The van der Waals surface area contributed by atoms with Gasteiger partial charge in [0.2, 0.25) is 0 Å². The molecule has 0 bridgehead atoms. The average molecular weight is 302 g/mol. The normalized spacial score (nSPS) is 24.6. The van der Waals surface area contributed by atoms with E-state index in [0.29, 0.717) is 21.8 Å². The van der Waals surface area contributed by atoms with Gasteiger partial charge in [-0.25, -0.2) is 4.39 Å². The zero-order valence-electron chi connectivity index (χ0n) is 9.88. The third-order valence-corrected chi connectivity index (χ3v) is 3.97. The van der Waals surface area contributed by atoms with E-state index in [4.69, 9.17) is 10.5 Å². The summed E-state index contributed by atoms with van der Waals surface area (Å²) in [5.41, 5.74) is 6.31. The molecule has 0 aliphatic heterocycles. The highest BCUT2D eigenvalue weighted by atomic mass is 79.9. The molecule has 0 heterocycles. The first-order valence-corrected chi connectivity index (χ1v) is 6.78. The Morgan fingerprint density at radius 3 is 2.76 bits per heavy atom. The van der Waals surface area contributed by atoms with Crippen LogP contribution in [0, 0.1) is 11.7 Å². The number of hydrogen-bond donors (Lipinski definition) is 1. The van der Waals surface area contributed by atoms with Gasteiger partial charge in [-0.05, 0) is 47.2 Å². The summed E-state index contributed by atoms with van der Waals surface area (Å²) in [5.74, 6) is 0.636. The van der Waals surface area contributed by atoms with E-state index in [1.165, 1.54) is 25.3 Å². The van der Waals surface area contributed by atoms with Crippen LogP contribution in [0.4, 0.5) is 10.1 Å². The third kappa shape index (κ3) is 2.92. The maximum Gasteiger partial charge on any atom is 0.145 e. The van der Waals surface area contributed by atoms with Crippen molar-refractivity contribution in [2.45, 2.75) is 38.7 Å². The first kappa shape index (κ1) is 12.7. The van der Waals surface area contributed by atoms with E-state index >= 15 is 0 Å². The van der Waals surface area contributed by atoms with E-state index < -0.39 is 0 Å². The van der Waals surface area contributed by atoms with Gasteiger partial charge in [0.25, 0.3) is 0 Å². The van der Waals surface area contributed by atoms with Gasteiger partial charge in [-0.15, -0.1) is 0 Å². The number of nitrogens with two attached hydrogens (primary N) is 1. The molecule has 1 fully saturated rings. The van der Waals surface area contributed by atoms with E-state index in [2.05, 4.69) is 22.9 Å². The maximum atomic E-state index is 13.4. The van der Waals surface area contributed by atoms with E-state index in [0.717, 1.165) is 6.42 Å². The molecule has 1 aliphatic rings. The van der Waals surface area contributed by atoms with Crippen LogP contribution in [0.5, 0.6) is 5.75 Å². The second kappa shape index (κ2) is 5.25. The molecule has 1 aromatic carbocycles. The van der Waals surface area contributed by atoms with Crippen LogP contribution >= 0.6 is 15.9 Å². The molecule has 2 unspecified atom stereocenters. The molecule has 1 aliphatic carbocycles. The van der Waals surface area contributed by atoms with Crippen LogP contribution in [0.25, 0.3) is 0 Å². The number of nitrogen functional groups attached to an aromatic ring is 1. The molecule has 1 saturated carbocycles. The van der Waals surface area contributed by atoms with Gasteiger partial charge in [0, 0.05) is 6.07 Å². The summed E-state index contributed by atoms with van der Waals surface area (Å²) in [7, 11) is 0. The predicted molar refractivity (Wildman–Crippen MR) is 70.6 cm³/mol. The van der Waals surface area contributed by atoms with E-state index in [9.17, 15) is 4.39 Å². The number of halogens is 2. The Kier molecular flexibility index (Phi) is 3.92. The van der Waals surface area contributed by atoms with Gasteiger partial charge in [-0.2, -0.15) is 0 Å². The highest BCUT2D eigenvalue weighted by Gasteiger charge is 2.23. The molecule has 0 saturated heterocycles. The van der Waals surface area contributed by atoms with Crippen molar-refractivity contribution in [2.75, 3.05) is 5.73 Å². The van der Waals surface area contributed by atoms with Crippen LogP contribution in [0.2, 0.25) is 0 Å². The summed E-state index contributed by atoms with van der Waals surface area (Å²) < 4.78 is 19.7. The summed E-state index contributed by atoms with van der Waals surface area (Å²) in [6.45, 7) is 2.18. The van der Waals surface area contributed by atoms with Crippen molar-refractivity contribution < 1.29 is 9.13 Å². The molecule has 2 N–H and O–H groups in total. The Labute approximate surface area is 109 Å². The monoisotopic (exact) mass is 301 g/mol. The van der Waals surface area contributed by atoms with Crippen LogP contribution in [-0.4, -0.2) is 6.10 Å². The number of ether oxygens (including phenoxy) is 1. The van der Waals surface area contributed by atoms with Crippen LogP contribution in [0.3, 0.4) is 0 Å². The van der Waals surface area contributed by atoms with Gasteiger partial charge < -0.3 is 10.5 Å². The van der Waals surface area contributed by atoms with Crippen molar-refractivity contribution in [1.29, 1.82) is 0 Å². The molecule has 17 heavy (non-hydrogen) atoms. The second-order valence-corrected chi connectivity index (χ2v) is 5.58. The van der Waals surface area contributed by atoms with Crippen molar-refractivity contribution in [3.63, 3.8) is 0 Å². The highest BCUT2D eigenvalue weighted by Crippen LogP contribution is 2.33. The first-order valence-electron chi connectivity index (χ1n) is 5.99. The Balaban J connectivity index is 2.15. The van der Waals surface area contributed by atoms with Crippen molar-refractivity contribution in [3.8, 4) is 5.75 Å². The van der Waals surface area contributed by atoms with E-state index in [1.807, 2.05) is 0 Å². The Morgan fingerprint density at radius 2 is 2.06 bits per heavy atom. The average Bonchev–Trinajstić information content (AvgIpc) is 2.29. The summed E-state index contributed by atoms with van der Waals surface area (Å²) in [6, 6.07) is 2.92. The van der Waals surface area contributed by atoms with Crippen LogP contribution in [-0.2, 0) is 0 Å². The largest absolute Gasteiger partial charge is 0.488 e. The molecule has 4 heteroatoms. The molecule has 2 nitrogen and oxygen atoms in total. The van der Waals surface area contributed by atoms with Gasteiger partial charge in [-0.3, -0.25) is 0 Å². The minimum atomic E-state index is -0.335. The standard InChI is InChI=1S/C13H17BrFNO/c1-8-4-2-3-5-12(8)17-13-7-10(15)9(14)6-11(13)16/h6-8,12H,2-5,16H2,1H3. The Hall–Kier alpha value is -0.770. The van der Waals surface area contributed by atoms with Gasteiger partial charge in [0.15, 0.2) is 0 Å². The lowest BCUT2D eigenvalue weighted by atomic mass is 9.88. The van der Waals surface area contributed by atoms with Gasteiger partial charge in [0.05, 0.1) is 10.2 Å². The van der Waals surface area contributed by atoms with Gasteiger partial charge >= 0.3 is 0 Å². The first-order chi connectivity index (χ1) is 8.08. The predicted octanol–water partition coefficient (Wildman–Crippen LogP) is 4.13. The van der Waals surface area contributed by atoms with E-state index in [1.54, 1.807) is 6.07 Å². The number of anilines is 1. The third-order valence-electron chi connectivity index (χ3n) is 3.36. The van der Waals surface area contributed by atoms with Crippen LogP contribution < -0.4 is 10.5 Å². The molecule has 2 rings (SSSR count). The van der Waals surface area contributed by atoms with Crippen molar-refractivity contribution >= 4 is 21.6 Å². The molecule has 0 aromatic heterocycles. The highest BCUT2D eigenvalue weighted by molar-refractivity contribution is 9.10. The number of hydrogen-bond acceptors (Lipinski definition) is 2. The quantitative estimate of drug-likeness (QED) is 0.834. The lowest BCUT2D eigenvalue weighted by Gasteiger charge is -2.29. The summed E-state index contributed by atoms with van der Waals surface area (Å²) in [6.07, 6.45) is 4.78. The Bertz CT molecular complexity index is 411. The number of benzene rings is 1. The maximum absolute atomic E-state index is 13.4. The van der Waals surface area contributed by atoms with Crippen LogP contribution in [0.1, 0.15) is 32.6 Å². The molecular formula is C13H17BrFNO. The molecule has 0 amide bonds. The lowest BCUT2D eigenvalue weighted by molar-refractivity contribution is 0.103. The molecular weight excluding hydrogens is 285 g/mol. The molecule has 0 spiro atoms. The van der Waals surface area contributed by atoms with Crippen LogP contribution in [0.15, 0.2) is 16.6 Å². The van der Waals surface area contributed by atoms with Crippen molar-refractivity contribution in [1.82, 2.24) is 0 Å². The van der Waals surface area contributed by atoms with Gasteiger partial charge in [-0.1, -0.05) is 13.3 Å². The smallest absolute Gasteiger partial charge is 0.145 e. The molecule has 94 valence electrons. The fourth-order valence-electron chi connectivity index (χ4n) is 2.27. The topological polar surface area (TPSA) is 35.2 Å². The lowest BCUT2D eigenvalue weighted by Crippen LogP contribution is -2.28. The number of rotatable bonds is 2. The summed E-state index contributed by atoms with van der Waals surface area (Å²) in [4.78, 5) is 0. The molecule has 1 aromatic rings. The fourth-order valence-corrected chi connectivity index (χ4v) is 2.63. The van der Waals surface area contributed by atoms with Gasteiger partial charge in [0.1, 0.15) is 17.7 Å². The summed E-state index contributed by atoms with van der Waals surface area (Å²) >= 11 is 3.11. The minimum absolute atomic E-state index is 0.159. The Morgan fingerprint density at radius 1 is 1.35 bits per heavy atom.